The zero-order chi connectivity index (χ0) is 38.2. The molecular weight excluding hydrogens is 676 g/mol. The molecule has 3 aromatic carbocycles. The molecule has 3 heterocycles. The summed E-state index contributed by atoms with van der Waals surface area (Å²) in [5.74, 6) is -9.25. The van der Waals surface area contributed by atoms with E-state index in [2.05, 4.69) is 0 Å². The highest BCUT2D eigenvalue weighted by Gasteiger charge is 2.67. The number of carbonyl (C=O) groups is 3. The van der Waals surface area contributed by atoms with Gasteiger partial charge in [-0.2, -0.15) is 0 Å². The average Bonchev–Trinajstić information content (AvgIpc) is 3.60. The third kappa shape index (κ3) is 5.80. The molecule has 3 aromatic rings. The van der Waals surface area contributed by atoms with Crippen molar-refractivity contribution in [3.05, 3.63) is 51.6 Å². The number of phenols is 7. The number of aromatic hydroxyl groups is 7. The maximum absolute atomic E-state index is 13.5. The monoisotopic (exact) mass is 720 g/mol. The Morgan fingerprint density at radius 2 is 1.19 bits per heavy atom. The predicted molar refractivity (Wildman–Crippen MR) is 185 cm³/mol. The van der Waals surface area contributed by atoms with Gasteiger partial charge in [0.05, 0.1) is 11.5 Å². The van der Waals surface area contributed by atoms with Gasteiger partial charge in [-0.15, -0.1) is 0 Å². The number of hydrogen-bond donors (Lipinski definition) is 7. The second kappa shape index (κ2) is 12.8. The average molecular weight is 721 g/mol. The fraction of sp³-hybridized carbons (Fsp3) is 0.462. The highest BCUT2D eigenvalue weighted by Crippen LogP contribution is 2.67. The Balaban J connectivity index is 1.56. The van der Waals surface area contributed by atoms with Gasteiger partial charge in [-0.3, -0.25) is 14.4 Å². The van der Waals surface area contributed by atoms with Crippen molar-refractivity contribution >= 4 is 17.3 Å². The van der Waals surface area contributed by atoms with Crippen LogP contribution in [0.2, 0.25) is 0 Å². The Kier molecular flexibility index (Phi) is 9.01. The molecule has 0 unspecified atom stereocenters. The number of hydrogen-bond acceptors (Lipinski definition) is 13. The first-order valence-electron chi connectivity index (χ1n) is 17.4. The topological polar surface area (TPSA) is 221 Å². The smallest absolute Gasteiger partial charge is 0.223 e. The lowest BCUT2D eigenvalue weighted by molar-refractivity contribution is -0.209. The molecule has 6 rings (SSSR count). The number of rotatable bonds is 11. The molecule has 7 N–H and O–H groups in total. The van der Waals surface area contributed by atoms with Crippen LogP contribution in [0.5, 0.6) is 51.7 Å². The summed E-state index contributed by atoms with van der Waals surface area (Å²) in [4.78, 5) is 40.0. The zero-order valence-electron chi connectivity index (χ0n) is 29.9. The quantitative estimate of drug-likeness (QED) is 0.106. The standard InChI is InChI=1S/C39H44O13/c1-16(2)7-22(41)31-26(45)10-21(40)19(35(31)48)13-39-20(30-25(44)11-27(46)33(37(30)51-39)24(43)9-18(5)6)14-38(52-39)15-50-29-12-28(47)32(36(49)34(29)38)23(42)8-17(3)4/h10-12,16-18,20,40,44-49H,7-9,13-15H2,1-6H3/t20-,38+,39-/m1/s1. The molecular formula is C39H44O13. The summed E-state index contributed by atoms with van der Waals surface area (Å²) in [6, 6.07) is 3.14. The SMILES string of the molecule is CC(C)CC(=O)c1c(O)cc(O)c(C[C@]23Oc4c(C(=O)CC(C)C)c(O)cc(O)c4[C@H]2C[C@@]2(COc4cc(O)c(C(=O)CC(C)C)c(O)c42)O3)c1O. The molecule has 1 saturated heterocycles. The molecule has 0 bridgehead atoms. The molecule has 278 valence electrons. The van der Waals surface area contributed by atoms with Crippen LogP contribution in [0, 0.1) is 17.8 Å². The van der Waals surface area contributed by atoms with E-state index in [0.717, 1.165) is 12.1 Å². The van der Waals surface area contributed by atoms with E-state index in [0.29, 0.717) is 0 Å². The second-order valence-corrected chi connectivity index (χ2v) is 15.4. The van der Waals surface area contributed by atoms with E-state index in [4.69, 9.17) is 14.2 Å². The Bertz CT molecular complexity index is 2010. The van der Waals surface area contributed by atoms with Gasteiger partial charge in [0.1, 0.15) is 80.6 Å². The molecule has 0 aromatic heterocycles. The first-order chi connectivity index (χ1) is 24.3. The largest absolute Gasteiger partial charge is 0.507 e. The molecule has 13 nitrogen and oxygen atoms in total. The van der Waals surface area contributed by atoms with E-state index in [9.17, 15) is 50.1 Å². The minimum atomic E-state index is -2.03. The number of phenolic OH excluding ortho intramolecular Hbond substituents is 7. The summed E-state index contributed by atoms with van der Waals surface area (Å²) in [5, 5.41) is 78.1. The van der Waals surface area contributed by atoms with Crippen LogP contribution in [0.1, 0.15) is 121 Å². The summed E-state index contributed by atoms with van der Waals surface area (Å²) in [6.07, 6.45) is -0.673. The minimum absolute atomic E-state index is 0.0134. The van der Waals surface area contributed by atoms with Gasteiger partial charge >= 0.3 is 0 Å². The third-order valence-electron chi connectivity index (χ3n) is 9.90. The first-order valence-corrected chi connectivity index (χ1v) is 17.4. The van der Waals surface area contributed by atoms with Crippen LogP contribution in [0.15, 0.2) is 18.2 Å². The first kappa shape index (κ1) is 36.6. The summed E-state index contributed by atoms with van der Waals surface area (Å²) in [7, 11) is 0. The van der Waals surface area contributed by atoms with E-state index < -0.39 is 86.9 Å². The number of fused-ring (bicyclic) bond motifs is 5. The van der Waals surface area contributed by atoms with Crippen molar-refractivity contribution in [2.24, 2.45) is 17.8 Å². The highest BCUT2D eigenvalue weighted by atomic mass is 16.7. The Morgan fingerprint density at radius 1 is 0.692 bits per heavy atom. The molecule has 3 atom stereocenters. The minimum Gasteiger partial charge on any atom is -0.507 e. The summed E-state index contributed by atoms with van der Waals surface area (Å²) < 4.78 is 19.3. The maximum atomic E-state index is 13.5. The molecule has 1 spiro atoms. The van der Waals surface area contributed by atoms with E-state index in [1.54, 1.807) is 13.8 Å². The van der Waals surface area contributed by atoms with Crippen LogP contribution in [0.25, 0.3) is 0 Å². The molecule has 0 aliphatic carbocycles. The van der Waals surface area contributed by atoms with Gasteiger partial charge in [-0.25, -0.2) is 0 Å². The van der Waals surface area contributed by atoms with Crippen LogP contribution >= 0.6 is 0 Å². The lowest BCUT2D eigenvalue weighted by atomic mass is 9.80. The molecule has 52 heavy (non-hydrogen) atoms. The van der Waals surface area contributed by atoms with Gasteiger partial charge in [0, 0.05) is 55.0 Å². The van der Waals surface area contributed by atoms with Crippen LogP contribution in [0.3, 0.4) is 0 Å². The van der Waals surface area contributed by atoms with Crippen molar-refractivity contribution in [3.63, 3.8) is 0 Å². The zero-order valence-corrected chi connectivity index (χ0v) is 29.9. The Labute approximate surface area is 300 Å². The summed E-state index contributed by atoms with van der Waals surface area (Å²) in [6.45, 7) is 10.5. The number of ether oxygens (including phenoxy) is 3. The van der Waals surface area contributed by atoms with Crippen molar-refractivity contribution in [2.45, 2.75) is 91.0 Å². The number of Topliss-reactive ketones (excluding diaryl/α,β-unsaturated/α-hetero) is 3. The van der Waals surface area contributed by atoms with Crippen LogP contribution in [0.4, 0.5) is 0 Å². The van der Waals surface area contributed by atoms with Crippen molar-refractivity contribution < 1.29 is 64.3 Å². The predicted octanol–water partition coefficient (Wildman–Crippen LogP) is 6.44. The van der Waals surface area contributed by atoms with Crippen molar-refractivity contribution in [2.75, 3.05) is 6.61 Å². The van der Waals surface area contributed by atoms with E-state index in [1.807, 2.05) is 27.7 Å². The van der Waals surface area contributed by atoms with Crippen molar-refractivity contribution in [1.29, 1.82) is 0 Å². The molecule has 13 heteroatoms. The number of ketones is 3. The molecule has 0 radical (unpaired) electrons. The molecule has 0 amide bonds. The maximum Gasteiger partial charge on any atom is 0.223 e. The molecule has 0 saturated carbocycles. The van der Waals surface area contributed by atoms with E-state index in [-0.39, 0.29) is 89.4 Å². The second-order valence-electron chi connectivity index (χ2n) is 15.4. The van der Waals surface area contributed by atoms with E-state index >= 15 is 0 Å². The molecule has 1 fully saturated rings. The van der Waals surface area contributed by atoms with Gasteiger partial charge in [-0.1, -0.05) is 41.5 Å². The van der Waals surface area contributed by atoms with Crippen molar-refractivity contribution in [3.8, 4) is 51.7 Å². The van der Waals surface area contributed by atoms with Crippen LogP contribution in [-0.2, 0) is 16.8 Å². The Hall–Kier alpha value is -5.17. The van der Waals surface area contributed by atoms with Gasteiger partial charge in [0.2, 0.25) is 5.79 Å². The molecule has 3 aliphatic rings. The van der Waals surface area contributed by atoms with Gasteiger partial charge in [0.15, 0.2) is 17.3 Å². The lowest BCUT2D eigenvalue weighted by Gasteiger charge is -2.33. The fourth-order valence-electron chi connectivity index (χ4n) is 7.83. The highest BCUT2D eigenvalue weighted by molar-refractivity contribution is 6.04. The van der Waals surface area contributed by atoms with Crippen molar-refractivity contribution in [1.82, 2.24) is 0 Å². The van der Waals surface area contributed by atoms with Gasteiger partial charge in [0.25, 0.3) is 0 Å². The Morgan fingerprint density at radius 3 is 1.77 bits per heavy atom. The molecule has 3 aliphatic heterocycles. The van der Waals surface area contributed by atoms with Crippen LogP contribution < -0.4 is 9.47 Å². The summed E-state index contributed by atoms with van der Waals surface area (Å²) in [5.41, 5.74) is -2.76. The lowest BCUT2D eigenvalue weighted by Crippen LogP contribution is -2.42. The fourth-order valence-corrected chi connectivity index (χ4v) is 7.83. The number of carbonyl (C=O) groups excluding carboxylic acids is 3. The third-order valence-corrected chi connectivity index (χ3v) is 9.90. The summed E-state index contributed by atoms with van der Waals surface area (Å²) >= 11 is 0. The number of benzene rings is 3. The van der Waals surface area contributed by atoms with E-state index in [1.165, 1.54) is 6.07 Å². The van der Waals surface area contributed by atoms with Gasteiger partial charge < -0.3 is 50.0 Å². The van der Waals surface area contributed by atoms with Crippen LogP contribution in [-0.4, -0.2) is 65.5 Å². The normalized spacial score (nSPS) is 21.4. The van der Waals surface area contributed by atoms with Gasteiger partial charge in [-0.05, 0) is 24.2 Å².